The number of nitrogens with one attached hydrogen (secondary N) is 2. The molecule has 6 heteroatoms. The molecule has 1 heterocycles. The Bertz CT molecular complexity index is 679. The normalized spacial score (nSPS) is 17.9. The lowest BCUT2D eigenvalue weighted by Crippen LogP contribution is -2.47. The second-order valence-electron chi connectivity index (χ2n) is 6.06. The third-order valence-electron chi connectivity index (χ3n) is 4.06. The van der Waals surface area contributed by atoms with E-state index in [4.69, 9.17) is 4.74 Å². The Morgan fingerprint density at radius 3 is 2.68 bits per heavy atom. The highest BCUT2D eigenvalue weighted by atomic mass is 19.1. The van der Waals surface area contributed by atoms with E-state index in [-0.39, 0.29) is 18.0 Å². The van der Waals surface area contributed by atoms with Crippen LogP contribution in [0.4, 0.5) is 14.9 Å². The highest BCUT2D eigenvalue weighted by Crippen LogP contribution is 2.11. The molecule has 25 heavy (non-hydrogen) atoms. The molecule has 0 spiro atoms. The summed E-state index contributed by atoms with van der Waals surface area (Å²) in [5.74, 6) is -0.333. The van der Waals surface area contributed by atoms with Gasteiger partial charge in [-0.1, -0.05) is 30.3 Å². The van der Waals surface area contributed by atoms with E-state index in [1.807, 2.05) is 18.2 Å². The monoisotopic (exact) mass is 343 g/mol. The van der Waals surface area contributed by atoms with Crippen molar-refractivity contribution >= 4 is 11.7 Å². The summed E-state index contributed by atoms with van der Waals surface area (Å²) >= 11 is 0. The molecule has 1 atom stereocenters. The molecule has 1 saturated heterocycles. The summed E-state index contributed by atoms with van der Waals surface area (Å²) in [7, 11) is 0. The summed E-state index contributed by atoms with van der Waals surface area (Å²) in [4.78, 5) is 14.2. The Kier molecular flexibility index (Phi) is 5.98. The third kappa shape index (κ3) is 5.55. The van der Waals surface area contributed by atoms with Gasteiger partial charge in [0.1, 0.15) is 5.82 Å². The van der Waals surface area contributed by atoms with Gasteiger partial charge in [0.15, 0.2) is 0 Å². The molecule has 0 aliphatic carbocycles. The molecule has 0 aromatic heterocycles. The van der Waals surface area contributed by atoms with Crippen molar-refractivity contribution in [3.05, 3.63) is 66.0 Å². The predicted molar refractivity (Wildman–Crippen MR) is 94.9 cm³/mol. The molecule has 0 saturated carbocycles. The molecule has 2 N–H and O–H groups in total. The average molecular weight is 343 g/mol. The second-order valence-corrected chi connectivity index (χ2v) is 6.06. The van der Waals surface area contributed by atoms with Crippen LogP contribution in [0, 0.1) is 5.82 Å². The number of urea groups is 1. The van der Waals surface area contributed by atoms with E-state index >= 15 is 0 Å². The van der Waals surface area contributed by atoms with Gasteiger partial charge < -0.3 is 15.4 Å². The van der Waals surface area contributed by atoms with E-state index in [2.05, 4.69) is 27.7 Å². The minimum absolute atomic E-state index is 0.0450. The summed E-state index contributed by atoms with van der Waals surface area (Å²) in [5.41, 5.74) is 1.82. The molecule has 2 amide bonds. The van der Waals surface area contributed by atoms with Crippen molar-refractivity contribution in [2.24, 2.45) is 0 Å². The quantitative estimate of drug-likeness (QED) is 0.878. The number of hydrogen-bond acceptors (Lipinski definition) is 3. The molecular weight excluding hydrogens is 321 g/mol. The largest absolute Gasteiger partial charge is 0.374 e. The first-order valence-electron chi connectivity index (χ1n) is 8.37. The molecule has 1 aliphatic rings. The third-order valence-corrected chi connectivity index (χ3v) is 4.06. The van der Waals surface area contributed by atoms with Gasteiger partial charge in [-0.25, -0.2) is 9.18 Å². The van der Waals surface area contributed by atoms with E-state index < -0.39 is 0 Å². The lowest BCUT2D eigenvalue weighted by Gasteiger charge is -2.33. The maximum atomic E-state index is 12.9. The van der Waals surface area contributed by atoms with E-state index in [9.17, 15) is 9.18 Å². The van der Waals surface area contributed by atoms with Crippen LogP contribution in [-0.2, 0) is 11.3 Å². The Hall–Kier alpha value is -2.44. The van der Waals surface area contributed by atoms with Gasteiger partial charge in [-0.2, -0.15) is 0 Å². The van der Waals surface area contributed by atoms with Crippen LogP contribution < -0.4 is 10.6 Å². The first-order valence-corrected chi connectivity index (χ1v) is 8.37. The van der Waals surface area contributed by atoms with Crippen LogP contribution in [0.5, 0.6) is 0 Å². The predicted octanol–water partition coefficient (Wildman–Crippen LogP) is 2.85. The van der Waals surface area contributed by atoms with Crippen molar-refractivity contribution in [2.75, 3.05) is 31.6 Å². The number of hydrogen-bond donors (Lipinski definition) is 2. The molecule has 1 aliphatic heterocycles. The van der Waals surface area contributed by atoms with Crippen LogP contribution in [0.25, 0.3) is 0 Å². The molecular formula is C19H22FN3O2. The molecule has 3 rings (SSSR count). The minimum Gasteiger partial charge on any atom is -0.374 e. The van der Waals surface area contributed by atoms with E-state index in [0.717, 1.165) is 19.6 Å². The molecule has 2 aromatic carbocycles. The molecule has 0 unspecified atom stereocenters. The first-order chi connectivity index (χ1) is 12.2. The van der Waals surface area contributed by atoms with E-state index in [1.165, 1.54) is 29.8 Å². The molecule has 0 bridgehead atoms. The summed E-state index contributed by atoms with van der Waals surface area (Å²) in [6.45, 7) is 3.61. The van der Waals surface area contributed by atoms with Crippen molar-refractivity contribution in [3.8, 4) is 0 Å². The van der Waals surface area contributed by atoms with E-state index in [1.54, 1.807) is 0 Å². The topological polar surface area (TPSA) is 53.6 Å². The SMILES string of the molecule is O=C(NC[C@H]1CN(Cc2ccccc2)CCO1)Nc1ccc(F)cc1. The maximum Gasteiger partial charge on any atom is 0.319 e. The Morgan fingerprint density at radius 1 is 1.16 bits per heavy atom. The van der Waals surface area contributed by atoms with Crippen LogP contribution in [0.2, 0.25) is 0 Å². The zero-order valence-corrected chi connectivity index (χ0v) is 14.0. The molecule has 0 radical (unpaired) electrons. The fraction of sp³-hybridized carbons (Fsp3) is 0.316. The fourth-order valence-corrected chi connectivity index (χ4v) is 2.80. The van der Waals surface area contributed by atoms with E-state index in [0.29, 0.717) is 18.8 Å². The highest BCUT2D eigenvalue weighted by Gasteiger charge is 2.21. The van der Waals surface area contributed by atoms with Gasteiger partial charge in [-0.05, 0) is 29.8 Å². The van der Waals surface area contributed by atoms with Crippen LogP contribution in [0.3, 0.4) is 0 Å². The van der Waals surface area contributed by atoms with Crippen molar-refractivity contribution < 1.29 is 13.9 Å². The number of amides is 2. The smallest absolute Gasteiger partial charge is 0.319 e. The standard InChI is InChI=1S/C19H22FN3O2/c20-16-6-8-17(9-7-16)22-19(24)21-12-18-14-23(10-11-25-18)13-15-4-2-1-3-5-15/h1-9,18H,10-14H2,(H2,21,22,24)/t18-/m0/s1. The second kappa shape index (κ2) is 8.60. The van der Waals surface area contributed by atoms with Gasteiger partial charge in [-0.15, -0.1) is 0 Å². The summed E-state index contributed by atoms with van der Waals surface area (Å²) in [5, 5.41) is 5.48. The van der Waals surface area contributed by atoms with Crippen molar-refractivity contribution in [1.29, 1.82) is 0 Å². The summed E-state index contributed by atoms with van der Waals surface area (Å²) in [6.07, 6.45) is -0.0450. The average Bonchev–Trinajstić information content (AvgIpc) is 2.63. The number of rotatable bonds is 5. The van der Waals surface area contributed by atoms with Gasteiger partial charge in [-0.3, -0.25) is 4.90 Å². The van der Waals surface area contributed by atoms with Crippen molar-refractivity contribution in [1.82, 2.24) is 10.2 Å². The van der Waals surface area contributed by atoms with Gasteiger partial charge in [0.05, 0.1) is 12.7 Å². The van der Waals surface area contributed by atoms with Crippen LogP contribution in [0.1, 0.15) is 5.56 Å². The molecule has 2 aromatic rings. The number of carbonyl (C=O) groups is 1. The number of carbonyl (C=O) groups excluding carboxylic acids is 1. The number of nitrogens with zero attached hydrogens (tertiary/aromatic N) is 1. The zero-order valence-electron chi connectivity index (χ0n) is 14.0. The fourth-order valence-electron chi connectivity index (χ4n) is 2.80. The number of anilines is 1. The summed E-state index contributed by atoms with van der Waals surface area (Å²) in [6, 6.07) is 15.6. The van der Waals surface area contributed by atoms with Crippen molar-refractivity contribution in [3.63, 3.8) is 0 Å². The zero-order chi connectivity index (χ0) is 17.5. The molecule has 132 valence electrons. The lowest BCUT2D eigenvalue weighted by atomic mass is 10.2. The number of morpholine rings is 1. The first kappa shape index (κ1) is 17.4. The molecule has 5 nitrogen and oxygen atoms in total. The van der Waals surface area contributed by atoms with Gasteiger partial charge in [0, 0.05) is 31.9 Å². The minimum atomic E-state index is -0.333. The van der Waals surface area contributed by atoms with Gasteiger partial charge >= 0.3 is 6.03 Å². The number of halogens is 1. The Balaban J connectivity index is 1.43. The Labute approximate surface area is 146 Å². The van der Waals surface area contributed by atoms with Gasteiger partial charge in [0.25, 0.3) is 0 Å². The van der Waals surface area contributed by atoms with Crippen molar-refractivity contribution in [2.45, 2.75) is 12.6 Å². The van der Waals surface area contributed by atoms with Crippen LogP contribution in [-0.4, -0.2) is 43.3 Å². The maximum absolute atomic E-state index is 12.9. The molecule has 1 fully saturated rings. The number of benzene rings is 2. The van der Waals surface area contributed by atoms with Crippen LogP contribution >= 0.6 is 0 Å². The van der Waals surface area contributed by atoms with Gasteiger partial charge in [0.2, 0.25) is 0 Å². The summed E-state index contributed by atoms with van der Waals surface area (Å²) < 4.78 is 18.6. The highest BCUT2D eigenvalue weighted by molar-refractivity contribution is 5.89. The number of ether oxygens (including phenoxy) is 1. The Morgan fingerprint density at radius 2 is 1.92 bits per heavy atom. The lowest BCUT2D eigenvalue weighted by molar-refractivity contribution is -0.0285. The van der Waals surface area contributed by atoms with Crippen LogP contribution in [0.15, 0.2) is 54.6 Å².